The number of halogens is 2. The molecule has 0 radical (unpaired) electrons. The van der Waals surface area contributed by atoms with Gasteiger partial charge in [-0.05, 0) is 66.5 Å². The molecule has 0 spiro atoms. The van der Waals surface area contributed by atoms with E-state index in [-0.39, 0.29) is 12.4 Å². The van der Waals surface area contributed by atoms with Crippen LogP contribution in [-0.4, -0.2) is 11.6 Å². The second-order valence-corrected chi connectivity index (χ2v) is 7.44. The molecule has 0 aliphatic rings. The van der Waals surface area contributed by atoms with E-state index >= 15 is 0 Å². The summed E-state index contributed by atoms with van der Waals surface area (Å²) in [5, 5.41) is 3.86. The number of ether oxygens (including phenoxy) is 1. The molecular formula is C18H19BrClNO2. The summed E-state index contributed by atoms with van der Waals surface area (Å²) in [4.78, 5) is 12.0. The van der Waals surface area contributed by atoms with Gasteiger partial charge in [-0.1, -0.05) is 29.8 Å². The summed E-state index contributed by atoms with van der Waals surface area (Å²) in [6, 6.07) is 13.2. The first-order chi connectivity index (χ1) is 10.7. The fraction of sp³-hybridized carbons (Fsp3) is 0.278. The number of hydrogen-bond acceptors (Lipinski definition) is 3. The molecule has 2 aromatic rings. The Morgan fingerprint density at radius 3 is 2.52 bits per heavy atom. The minimum Gasteiger partial charge on any atom is -0.460 e. The quantitative estimate of drug-likeness (QED) is 0.671. The van der Waals surface area contributed by atoms with Crippen LogP contribution in [0.2, 0.25) is 5.02 Å². The standard InChI is InChI=1S/C18H19BrClNO2/c1-18(2,3)23-17(22)11-12-8-9-14(20)16(10-12)21-15-7-5-4-6-13(15)19/h4-10,21H,11H2,1-3H3. The van der Waals surface area contributed by atoms with Gasteiger partial charge in [0.15, 0.2) is 0 Å². The van der Waals surface area contributed by atoms with Gasteiger partial charge in [0, 0.05) is 4.47 Å². The van der Waals surface area contributed by atoms with Crippen molar-refractivity contribution >= 4 is 44.9 Å². The van der Waals surface area contributed by atoms with E-state index < -0.39 is 5.60 Å². The molecule has 0 atom stereocenters. The summed E-state index contributed by atoms with van der Waals surface area (Å²) in [6.45, 7) is 5.56. The number of esters is 1. The maximum absolute atomic E-state index is 12.0. The van der Waals surface area contributed by atoms with E-state index in [9.17, 15) is 4.79 Å². The van der Waals surface area contributed by atoms with Gasteiger partial charge in [-0.2, -0.15) is 0 Å². The fourth-order valence-corrected chi connectivity index (χ4v) is 2.58. The van der Waals surface area contributed by atoms with E-state index in [4.69, 9.17) is 16.3 Å². The van der Waals surface area contributed by atoms with Gasteiger partial charge in [0.1, 0.15) is 5.60 Å². The average molecular weight is 397 g/mol. The lowest BCUT2D eigenvalue weighted by Crippen LogP contribution is -2.24. The zero-order valence-corrected chi connectivity index (χ0v) is 15.7. The van der Waals surface area contributed by atoms with E-state index in [0.717, 1.165) is 21.4 Å². The number of para-hydroxylation sites is 1. The van der Waals surface area contributed by atoms with Gasteiger partial charge < -0.3 is 10.1 Å². The van der Waals surface area contributed by atoms with E-state index in [1.165, 1.54) is 0 Å². The van der Waals surface area contributed by atoms with Crippen LogP contribution in [0.5, 0.6) is 0 Å². The van der Waals surface area contributed by atoms with Gasteiger partial charge in [-0.15, -0.1) is 0 Å². The molecule has 0 unspecified atom stereocenters. The first kappa shape index (κ1) is 17.8. The Hall–Kier alpha value is -1.52. The molecule has 0 aliphatic heterocycles. The normalized spacial score (nSPS) is 11.2. The third-order valence-corrected chi connectivity index (χ3v) is 3.96. The van der Waals surface area contributed by atoms with Crippen molar-refractivity contribution in [2.45, 2.75) is 32.8 Å². The summed E-state index contributed by atoms with van der Waals surface area (Å²) in [6.07, 6.45) is 0.207. The lowest BCUT2D eigenvalue weighted by Gasteiger charge is -2.19. The Labute approximate surface area is 150 Å². The smallest absolute Gasteiger partial charge is 0.310 e. The maximum Gasteiger partial charge on any atom is 0.310 e. The molecule has 2 rings (SSSR count). The Balaban J connectivity index is 2.16. The van der Waals surface area contributed by atoms with Crippen molar-refractivity contribution in [3.8, 4) is 0 Å². The van der Waals surface area contributed by atoms with Crippen LogP contribution in [0.15, 0.2) is 46.9 Å². The lowest BCUT2D eigenvalue weighted by molar-refractivity contribution is -0.153. The van der Waals surface area contributed by atoms with E-state index in [1.54, 1.807) is 6.07 Å². The number of benzene rings is 2. The van der Waals surface area contributed by atoms with E-state index in [0.29, 0.717) is 5.02 Å². The highest BCUT2D eigenvalue weighted by molar-refractivity contribution is 9.10. The molecule has 0 bridgehead atoms. The maximum atomic E-state index is 12.0. The van der Waals surface area contributed by atoms with Gasteiger partial charge in [-0.3, -0.25) is 4.79 Å². The van der Waals surface area contributed by atoms with Gasteiger partial charge in [0.25, 0.3) is 0 Å². The minimum absolute atomic E-state index is 0.207. The average Bonchev–Trinajstić information content (AvgIpc) is 2.43. The zero-order valence-electron chi connectivity index (χ0n) is 13.3. The Bertz CT molecular complexity index is 710. The highest BCUT2D eigenvalue weighted by Crippen LogP contribution is 2.30. The van der Waals surface area contributed by atoms with E-state index in [1.807, 2.05) is 57.2 Å². The van der Waals surface area contributed by atoms with E-state index in [2.05, 4.69) is 21.2 Å². The Morgan fingerprint density at radius 1 is 1.17 bits per heavy atom. The number of hydrogen-bond donors (Lipinski definition) is 1. The number of nitrogens with one attached hydrogen (secondary N) is 1. The second kappa shape index (κ2) is 7.37. The lowest BCUT2D eigenvalue weighted by atomic mass is 10.1. The first-order valence-corrected chi connectivity index (χ1v) is 8.43. The van der Waals surface area contributed by atoms with Crippen molar-refractivity contribution in [1.82, 2.24) is 0 Å². The van der Waals surface area contributed by atoms with Gasteiger partial charge in [0.2, 0.25) is 0 Å². The van der Waals surface area contributed by atoms with Gasteiger partial charge in [0.05, 0.1) is 22.8 Å². The highest BCUT2D eigenvalue weighted by Gasteiger charge is 2.17. The summed E-state index contributed by atoms with van der Waals surface area (Å²) in [5.41, 5.74) is 2.01. The highest BCUT2D eigenvalue weighted by atomic mass is 79.9. The molecule has 0 heterocycles. The Morgan fingerprint density at radius 2 is 1.87 bits per heavy atom. The third kappa shape index (κ3) is 5.56. The molecule has 2 aromatic carbocycles. The van der Waals surface area contributed by atoms with Crippen molar-refractivity contribution < 1.29 is 9.53 Å². The van der Waals surface area contributed by atoms with Crippen LogP contribution < -0.4 is 5.32 Å². The van der Waals surface area contributed by atoms with Crippen molar-refractivity contribution in [2.24, 2.45) is 0 Å². The summed E-state index contributed by atoms with van der Waals surface area (Å²) >= 11 is 9.74. The second-order valence-electron chi connectivity index (χ2n) is 6.18. The Kier molecular flexibility index (Phi) is 5.71. The summed E-state index contributed by atoms with van der Waals surface area (Å²) in [5.74, 6) is -0.258. The van der Waals surface area contributed by atoms with Crippen LogP contribution in [0.25, 0.3) is 0 Å². The molecule has 0 fully saturated rings. The molecule has 5 heteroatoms. The SMILES string of the molecule is CC(C)(C)OC(=O)Cc1ccc(Cl)c(Nc2ccccc2Br)c1. The van der Waals surface area contributed by atoms with Crippen LogP contribution in [0.3, 0.4) is 0 Å². The van der Waals surface area contributed by atoms with Crippen LogP contribution in [0.1, 0.15) is 26.3 Å². The van der Waals surface area contributed by atoms with Crippen LogP contribution >= 0.6 is 27.5 Å². The third-order valence-electron chi connectivity index (χ3n) is 2.94. The van der Waals surface area contributed by atoms with Crippen molar-refractivity contribution in [3.05, 3.63) is 57.5 Å². The molecule has 23 heavy (non-hydrogen) atoms. The number of rotatable bonds is 4. The largest absolute Gasteiger partial charge is 0.460 e. The predicted octanol–water partition coefficient (Wildman–Crippen LogP) is 5.73. The molecule has 122 valence electrons. The summed E-state index contributed by atoms with van der Waals surface area (Å²) < 4.78 is 6.29. The van der Waals surface area contributed by atoms with Crippen molar-refractivity contribution in [2.75, 3.05) is 5.32 Å². The van der Waals surface area contributed by atoms with Crippen molar-refractivity contribution in [3.63, 3.8) is 0 Å². The molecule has 3 nitrogen and oxygen atoms in total. The molecule has 0 aliphatic carbocycles. The molecule has 0 saturated heterocycles. The zero-order chi connectivity index (χ0) is 17.0. The minimum atomic E-state index is -0.487. The first-order valence-electron chi connectivity index (χ1n) is 7.26. The molecule has 0 aromatic heterocycles. The number of carbonyl (C=O) groups is 1. The van der Waals surface area contributed by atoms with Gasteiger partial charge in [-0.25, -0.2) is 0 Å². The van der Waals surface area contributed by atoms with Gasteiger partial charge >= 0.3 is 5.97 Å². The molecule has 1 N–H and O–H groups in total. The predicted molar refractivity (Wildman–Crippen MR) is 98.4 cm³/mol. The molecule has 0 saturated carbocycles. The summed E-state index contributed by atoms with van der Waals surface area (Å²) in [7, 11) is 0. The fourth-order valence-electron chi connectivity index (χ4n) is 2.03. The number of carbonyl (C=O) groups excluding carboxylic acids is 1. The van der Waals surface area contributed by atoms with Crippen molar-refractivity contribution in [1.29, 1.82) is 0 Å². The van der Waals surface area contributed by atoms with Crippen LogP contribution in [0.4, 0.5) is 11.4 Å². The molecular weight excluding hydrogens is 378 g/mol. The van der Waals surface area contributed by atoms with Crippen LogP contribution in [-0.2, 0) is 16.0 Å². The van der Waals surface area contributed by atoms with Crippen LogP contribution in [0, 0.1) is 0 Å². The number of anilines is 2. The monoisotopic (exact) mass is 395 g/mol. The topological polar surface area (TPSA) is 38.3 Å². The molecule has 0 amide bonds.